The number of aliphatic imine (C=N–C) groups is 1. The Labute approximate surface area is 158 Å². The normalized spacial score (nSPS) is 24.8. The number of fused-ring (bicyclic) bond motifs is 2. The number of hydrogen-bond acceptors (Lipinski definition) is 4. The summed E-state index contributed by atoms with van der Waals surface area (Å²) < 4.78 is 5.93. The largest absolute Gasteiger partial charge is 0.373 e. The van der Waals surface area contributed by atoms with Crippen LogP contribution in [0.2, 0.25) is 0 Å². The van der Waals surface area contributed by atoms with Gasteiger partial charge in [-0.15, -0.1) is 11.3 Å². The SMILES string of the molecule is CCNC(=NCCc1csc(-c2ccccc2)n1)NC1CC2CCC1O2. The minimum absolute atomic E-state index is 0.357. The molecule has 3 unspecified atom stereocenters. The average molecular weight is 371 g/mol. The Balaban J connectivity index is 1.33. The number of thiazole rings is 1. The highest BCUT2D eigenvalue weighted by molar-refractivity contribution is 7.13. The van der Waals surface area contributed by atoms with Gasteiger partial charge in [0.1, 0.15) is 5.01 Å². The van der Waals surface area contributed by atoms with E-state index in [0.717, 1.165) is 42.6 Å². The number of guanidine groups is 1. The van der Waals surface area contributed by atoms with E-state index >= 15 is 0 Å². The van der Waals surface area contributed by atoms with Crippen LogP contribution >= 0.6 is 11.3 Å². The summed E-state index contributed by atoms with van der Waals surface area (Å²) in [5.41, 5.74) is 2.29. The molecule has 4 rings (SSSR count). The van der Waals surface area contributed by atoms with Crippen LogP contribution in [0.15, 0.2) is 40.7 Å². The fourth-order valence-electron chi connectivity index (χ4n) is 3.70. The number of rotatable bonds is 6. The van der Waals surface area contributed by atoms with Crippen molar-refractivity contribution in [2.75, 3.05) is 13.1 Å². The number of benzene rings is 1. The molecular weight excluding hydrogens is 344 g/mol. The predicted octanol–water partition coefficient (Wildman–Crippen LogP) is 3.23. The van der Waals surface area contributed by atoms with Crippen molar-refractivity contribution in [2.24, 2.45) is 4.99 Å². The summed E-state index contributed by atoms with van der Waals surface area (Å²) in [5, 5.41) is 10.1. The second-order valence-corrected chi connectivity index (χ2v) is 7.74. The summed E-state index contributed by atoms with van der Waals surface area (Å²) >= 11 is 1.70. The third-order valence-corrected chi connectivity index (χ3v) is 5.92. The van der Waals surface area contributed by atoms with Gasteiger partial charge >= 0.3 is 0 Å². The third kappa shape index (κ3) is 4.07. The van der Waals surface area contributed by atoms with Gasteiger partial charge in [-0.25, -0.2) is 4.98 Å². The molecule has 2 saturated heterocycles. The highest BCUT2D eigenvalue weighted by Crippen LogP contribution is 2.34. The number of hydrogen-bond donors (Lipinski definition) is 2. The van der Waals surface area contributed by atoms with Crippen LogP contribution in [0.25, 0.3) is 10.6 Å². The second kappa shape index (κ2) is 8.18. The fourth-order valence-corrected chi connectivity index (χ4v) is 4.56. The van der Waals surface area contributed by atoms with E-state index in [2.05, 4.69) is 47.2 Å². The molecule has 0 radical (unpaired) electrons. The van der Waals surface area contributed by atoms with Crippen LogP contribution in [-0.4, -0.2) is 42.3 Å². The monoisotopic (exact) mass is 370 g/mol. The van der Waals surface area contributed by atoms with Gasteiger partial charge in [0.15, 0.2) is 5.96 Å². The first-order valence-electron chi connectivity index (χ1n) is 9.52. The molecule has 1 aromatic heterocycles. The predicted molar refractivity (Wildman–Crippen MR) is 107 cm³/mol. The molecule has 26 heavy (non-hydrogen) atoms. The Morgan fingerprint density at radius 2 is 2.19 bits per heavy atom. The maximum atomic E-state index is 5.93. The maximum absolute atomic E-state index is 5.93. The molecule has 2 N–H and O–H groups in total. The highest BCUT2D eigenvalue weighted by atomic mass is 32.1. The van der Waals surface area contributed by atoms with Gasteiger partial charge in [0.05, 0.1) is 23.9 Å². The van der Waals surface area contributed by atoms with Crippen LogP contribution in [0, 0.1) is 0 Å². The van der Waals surface area contributed by atoms with E-state index in [9.17, 15) is 0 Å². The van der Waals surface area contributed by atoms with Gasteiger partial charge in [-0.2, -0.15) is 0 Å². The molecular formula is C20H26N4OS. The molecule has 0 saturated carbocycles. The van der Waals surface area contributed by atoms with Crippen molar-refractivity contribution >= 4 is 17.3 Å². The van der Waals surface area contributed by atoms with E-state index in [4.69, 9.17) is 14.7 Å². The van der Waals surface area contributed by atoms with E-state index in [1.54, 1.807) is 11.3 Å². The molecule has 2 aliphatic rings. The second-order valence-electron chi connectivity index (χ2n) is 6.88. The minimum atomic E-state index is 0.357. The van der Waals surface area contributed by atoms with E-state index in [-0.39, 0.29) is 0 Å². The van der Waals surface area contributed by atoms with Crippen molar-refractivity contribution in [2.45, 2.75) is 50.9 Å². The van der Waals surface area contributed by atoms with Crippen molar-refractivity contribution in [1.82, 2.24) is 15.6 Å². The molecule has 0 amide bonds. The van der Waals surface area contributed by atoms with Crippen LogP contribution in [0.3, 0.4) is 0 Å². The van der Waals surface area contributed by atoms with E-state index < -0.39 is 0 Å². The number of nitrogens with one attached hydrogen (secondary N) is 2. The lowest BCUT2D eigenvalue weighted by molar-refractivity contribution is 0.0992. The van der Waals surface area contributed by atoms with Gasteiger partial charge in [0.2, 0.25) is 0 Å². The van der Waals surface area contributed by atoms with Crippen molar-refractivity contribution in [3.05, 3.63) is 41.4 Å². The van der Waals surface area contributed by atoms with Gasteiger partial charge in [0.25, 0.3) is 0 Å². The van der Waals surface area contributed by atoms with E-state index in [0.29, 0.717) is 18.2 Å². The van der Waals surface area contributed by atoms with Crippen LogP contribution in [0.1, 0.15) is 31.9 Å². The third-order valence-electron chi connectivity index (χ3n) is 4.98. The van der Waals surface area contributed by atoms with E-state index in [1.165, 1.54) is 18.4 Å². The molecule has 2 aromatic rings. The Kier molecular flexibility index (Phi) is 5.51. The average Bonchev–Trinajstić information content (AvgIpc) is 3.39. The zero-order valence-corrected chi connectivity index (χ0v) is 16.0. The van der Waals surface area contributed by atoms with Crippen molar-refractivity contribution in [1.29, 1.82) is 0 Å². The standard InChI is InChI=1S/C20H26N4OS/c1-2-21-20(24-17-12-16-8-9-18(17)25-16)22-11-10-15-13-26-19(23-15)14-6-4-3-5-7-14/h3-7,13,16-18H,2,8-12H2,1H3,(H2,21,22,24). The number of nitrogens with zero attached hydrogens (tertiary/aromatic N) is 2. The van der Waals surface area contributed by atoms with Gasteiger partial charge in [-0.1, -0.05) is 30.3 Å². The first-order chi connectivity index (χ1) is 12.8. The molecule has 1 aromatic carbocycles. The van der Waals surface area contributed by atoms with Crippen LogP contribution in [-0.2, 0) is 11.2 Å². The Morgan fingerprint density at radius 1 is 1.31 bits per heavy atom. The molecule has 6 heteroatoms. The van der Waals surface area contributed by atoms with Crippen LogP contribution in [0.4, 0.5) is 0 Å². The number of ether oxygens (including phenoxy) is 1. The zero-order valence-electron chi connectivity index (χ0n) is 15.1. The molecule has 0 aliphatic carbocycles. The molecule has 0 spiro atoms. The fraction of sp³-hybridized carbons (Fsp3) is 0.500. The van der Waals surface area contributed by atoms with Gasteiger partial charge < -0.3 is 15.4 Å². The lowest BCUT2D eigenvalue weighted by Gasteiger charge is -2.22. The Morgan fingerprint density at radius 3 is 2.92 bits per heavy atom. The topological polar surface area (TPSA) is 58.5 Å². The van der Waals surface area contributed by atoms with Gasteiger partial charge in [-0.05, 0) is 26.2 Å². The summed E-state index contributed by atoms with van der Waals surface area (Å²) in [6.45, 7) is 3.69. The van der Waals surface area contributed by atoms with Crippen molar-refractivity contribution in [3.63, 3.8) is 0 Å². The van der Waals surface area contributed by atoms with E-state index in [1.807, 2.05) is 6.07 Å². The maximum Gasteiger partial charge on any atom is 0.191 e. The summed E-state index contributed by atoms with van der Waals surface area (Å²) in [5.74, 6) is 0.896. The molecule has 2 bridgehead atoms. The first kappa shape index (κ1) is 17.5. The highest BCUT2D eigenvalue weighted by Gasteiger charge is 2.41. The van der Waals surface area contributed by atoms with Gasteiger partial charge in [0, 0.05) is 30.5 Å². The molecule has 2 aliphatic heterocycles. The van der Waals surface area contributed by atoms with Crippen molar-refractivity contribution < 1.29 is 4.74 Å². The zero-order chi connectivity index (χ0) is 17.8. The molecule has 138 valence electrons. The molecule has 5 nitrogen and oxygen atoms in total. The molecule has 3 atom stereocenters. The smallest absolute Gasteiger partial charge is 0.191 e. The lowest BCUT2D eigenvalue weighted by atomic mass is 9.96. The van der Waals surface area contributed by atoms with Crippen molar-refractivity contribution in [3.8, 4) is 10.6 Å². The summed E-state index contributed by atoms with van der Waals surface area (Å²) in [6.07, 6.45) is 5.14. The quantitative estimate of drug-likeness (QED) is 0.605. The summed E-state index contributed by atoms with van der Waals surface area (Å²) in [6, 6.07) is 10.7. The Hall–Kier alpha value is -1.92. The van der Waals surface area contributed by atoms with Gasteiger partial charge in [-0.3, -0.25) is 4.99 Å². The minimum Gasteiger partial charge on any atom is -0.373 e. The molecule has 3 heterocycles. The molecule has 2 fully saturated rings. The van der Waals surface area contributed by atoms with Crippen LogP contribution in [0.5, 0.6) is 0 Å². The van der Waals surface area contributed by atoms with Crippen LogP contribution < -0.4 is 10.6 Å². The Bertz CT molecular complexity index is 745. The first-order valence-corrected chi connectivity index (χ1v) is 10.4. The lowest BCUT2D eigenvalue weighted by Crippen LogP contribution is -2.47. The summed E-state index contributed by atoms with van der Waals surface area (Å²) in [7, 11) is 0. The number of aromatic nitrogens is 1. The summed E-state index contributed by atoms with van der Waals surface area (Å²) in [4.78, 5) is 9.49.